The summed E-state index contributed by atoms with van der Waals surface area (Å²) in [5.74, 6) is 0.529. The van der Waals surface area contributed by atoms with Gasteiger partial charge < -0.3 is 9.84 Å². The Morgan fingerprint density at radius 2 is 1.95 bits per heavy atom. The summed E-state index contributed by atoms with van der Waals surface area (Å²) in [6.45, 7) is 3.75. The molecule has 2 aromatic rings. The van der Waals surface area contributed by atoms with E-state index in [9.17, 15) is 9.50 Å². The number of methoxy groups -OCH3 is 1. The van der Waals surface area contributed by atoms with Gasteiger partial charge in [-0.3, -0.25) is 0 Å². The molecular weight excluding hydrogens is 243 g/mol. The predicted octanol–water partition coefficient (Wildman–Crippen LogP) is 3.86. The van der Waals surface area contributed by atoms with E-state index in [1.54, 1.807) is 26.2 Å². The molecule has 0 heterocycles. The van der Waals surface area contributed by atoms with Gasteiger partial charge in [-0.2, -0.15) is 0 Å². The van der Waals surface area contributed by atoms with Crippen LogP contribution in [-0.2, 0) is 0 Å². The highest BCUT2D eigenvalue weighted by Crippen LogP contribution is 2.29. The van der Waals surface area contributed by atoms with Crippen LogP contribution in [0.15, 0.2) is 30.3 Å². The fourth-order valence-electron chi connectivity index (χ4n) is 2.37. The van der Waals surface area contributed by atoms with Crippen LogP contribution in [0.3, 0.4) is 0 Å². The molecule has 0 aliphatic heterocycles. The first-order chi connectivity index (χ1) is 9.01. The van der Waals surface area contributed by atoms with Crippen LogP contribution in [0.25, 0.3) is 10.8 Å². The Morgan fingerprint density at radius 3 is 2.58 bits per heavy atom. The van der Waals surface area contributed by atoms with Crippen molar-refractivity contribution in [2.45, 2.75) is 32.3 Å². The molecule has 3 heteroatoms. The highest BCUT2D eigenvalue weighted by atomic mass is 19.1. The number of benzene rings is 2. The summed E-state index contributed by atoms with van der Waals surface area (Å²) < 4.78 is 19.3. The maximum Gasteiger partial charge on any atom is 0.131 e. The van der Waals surface area contributed by atoms with Gasteiger partial charge in [0, 0.05) is 5.39 Å². The van der Waals surface area contributed by atoms with E-state index in [2.05, 4.69) is 0 Å². The van der Waals surface area contributed by atoms with Crippen molar-refractivity contribution in [2.75, 3.05) is 7.11 Å². The van der Waals surface area contributed by atoms with Crippen molar-refractivity contribution in [3.8, 4) is 5.75 Å². The van der Waals surface area contributed by atoms with Gasteiger partial charge in [-0.1, -0.05) is 19.1 Å². The number of hydrogen-bond donors (Lipinski definition) is 1. The average Bonchev–Trinajstić information content (AvgIpc) is 2.37. The van der Waals surface area contributed by atoms with Gasteiger partial charge in [-0.25, -0.2) is 4.39 Å². The zero-order valence-corrected chi connectivity index (χ0v) is 11.5. The molecular formula is C16H19FO2. The molecule has 2 aromatic carbocycles. The van der Waals surface area contributed by atoms with Crippen molar-refractivity contribution in [2.24, 2.45) is 0 Å². The molecule has 0 aliphatic rings. The van der Waals surface area contributed by atoms with E-state index in [0.717, 1.165) is 10.9 Å². The zero-order valence-electron chi connectivity index (χ0n) is 11.5. The molecule has 2 atom stereocenters. The largest absolute Gasteiger partial charge is 0.497 e. The third-order valence-electron chi connectivity index (χ3n) is 3.40. The minimum absolute atomic E-state index is 0.126. The van der Waals surface area contributed by atoms with Crippen LogP contribution in [0.2, 0.25) is 0 Å². The topological polar surface area (TPSA) is 29.5 Å². The molecule has 2 unspecified atom stereocenters. The molecule has 0 aromatic heterocycles. The summed E-state index contributed by atoms with van der Waals surface area (Å²) in [4.78, 5) is 0. The van der Waals surface area contributed by atoms with Gasteiger partial charge in [-0.15, -0.1) is 0 Å². The predicted molar refractivity (Wildman–Crippen MR) is 75.2 cm³/mol. The molecule has 0 radical (unpaired) electrons. The number of fused-ring (bicyclic) bond motifs is 1. The lowest BCUT2D eigenvalue weighted by Crippen LogP contribution is -2.06. The quantitative estimate of drug-likeness (QED) is 0.906. The van der Waals surface area contributed by atoms with Crippen LogP contribution in [0.4, 0.5) is 4.39 Å². The summed E-state index contributed by atoms with van der Waals surface area (Å²) in [5.41, 5.74) is 0.913. The van der Waals surface area contributed by atoms with E-state index in [4.69, 9.17) is 4.74 Å². The normalized spacial score (nSPS) is 14.4. The van der Waals surface area contributed by atoms with E-state index < -0.39 is 0 Å². The first-order valence-corrected chi connectivity index (χ1v) is 6.46. The van der Waals surface area contributed by atoms with Crippen molar-refractivity contribution >= 4 is 10.8 Å². The maximum absolute atomic E-state index is 14.1. The Labute approximate surface area is 112 Å². The monoisotopic (exact) mass is 262 g/mol. The first kappa shape index (κ1) is 13.8. The number of ether oxygens (including phenoxy) is 1. The summed E-state index contributed by atoms with van der Waals surface area (Å²) in [5, 5.41) is 10.8. The summed E-state index contributed by atoms with van der Waals surface area (Å²) >= 11 is 0. The van der Waals surface area contributed by atoms with E-state index in [1.807, 2.05) is 25.1 Å². The number of rotatable bonds is 4. The highest BCUT2D eigenvalue weighted by molar-refractivity contribution is 5.85. The minimum Gasteiger partial charge on any atom is -0.497 e. The molecule has 2 rings (SSSR count). The molecule has 0 amide bonds. The fourth-order valence-corrected chi connectivity index (χ4v) is 2.37. The lowest BCUT2D eigenvalue weighted by Gasteiger charge is -2.15. The average molecular weight is 262 g/mol. The van der Waals surface area contributed by atoms with Crippen LogP contribution < -0.4 is 4.74 Å². The number of hydrogen-bond acceptors (Lipinski definition) is 2. The Balaban J connectivity index is 2.44. The van der Waals surface area contributed by atoms with Crippen LogP contribution in [0, 0.1) is 5.82 Å². The molecule has 0 bridgehead atoms. The SMILES string of the molecule is COc1ccc2cc(C(C)CC(C)O)cc(F)c2c1. The third-order valence-corrected chi connectivity index (χ3v) is 3.40. The van der Waals surface area contributed by atoms with Gasteiger partial charge in [-0.05, 0) is 48.4 Å². The smallest absolute Gasteiger partial charge is 0.131 e. The van der Waals surface area contributed by atoms with Crippen LogP contribution >= 0.6 is 0 Å². The van der Waals surface area contributed by atoms with Crippen molar-refractivity contribution in [3.63, 3.8) is 0 Å². The molecule has 0 aliphatic carbocycles. The fraction of sp³-hybridized carbons (Fsp3) is 0.375. The Hall–Kier alpha value is -1.61. The van der Waals surface area contributed by atoms with Gasteiger partial charge in [0.25, 0.3) is 0 Å². The first-order valence-electron chi connectivity index (χ1n) is 6.46. The Bertz CT molecular complexity index is 578. The Kier molecular flexibility index (Phi) is 4.05. The number of aliphatic hydroxyl groups is 1. The van der Waals surface area contributed by atoms with E-state index in [-0.39, 0.29) is 17.8 Å². The van der Waals surface area contributed by atoms with Gasteiger partial charge in [0.1, 0.15) is 11.6 Å². The van der Waals surface area contributed by atoms with Gasteiger partial charge in [0.2, 0.25) is 0 Å². The van der Waals surface area contributed by atoms with Crippen LogP contribution in [0.5, 0.6) is 5.75 Å². The van der Waals surface area contributed by atoms with Crippen LogP contribution in [0.1, 0.15) is 31.7 Å². The molecule has 102 valence electrons. The number of halogens is 1. The molecule has 0 saturated carbocycles. The lowest BCUT2D eigenvalue weighted by molar-refractivity contribution is 0.176. The molecule has 1 N–H and O–H groups in total. The molecule has 0 spiro atoms. The maximum atomic E-state index is 14.1. The van der Waals surface area contributed by atoms with E-state index in [1.165, 1.54) is 0 Å². The van der Waals surface area contributed by atoms with Gasteiger partial charge in [0.05, 0.1) is 13.2 Å². The van der Waals surface area contributed by atoms with Crippen LogP contribution in [-0.4, -0.2) is 18.3 Å². The van der Waals surface area contributed by atoms with Crippen molar-refractivity contribution in [3.05, 3.63) is 41.7 Å². The second-order valence-electron chi connectivity index (χ2n) is 5.08. The zero-order chi connectivity index (χ0) is 14.0. The molecule has 2 nitrogen and oxygen atoms in total. The molecule has 0 saturated heterocycles. The summed E-state index contributed by atoms with van der Waals surface area (Å²) in [6.07, 6.45) is 0.241. The van der Waals surface area contributed by atoms with Crippen molar-refractivity contribution < 1.29 is 14.2 Å². The summed E-state index contributed by atoms with van der Waals surface area (Å²) in [7, 11) is 1.57. The highest BCUT2D eigenvalue weighted by Gasteiger charge is 2.12. The summed E-state index contributed by atoms with van der Waals surface area (Å²) in [6, 6.07) is 8.91. The van der Waals surface area contributed by atoms with E-state index >= 15 is 0 Å². The minimum atomic E-state index is -0.385. The third kappa shape index (κ3) is 3.04. The second kappa shape index (κ2) is 5.57. The molecule has 19 heavy (non-hydrogen) atoms. The second-order valence-corrected chi connectivity index (χ2v) is 5.08. The van der Waals surface area contributed by atoms with E-state index in [0.29, 0.717) is 17.6 Å². The van der Waals surface area contributed by atoms with Gasteiger partial charge in [0.15, 0.2) is 0 Å². The number of aliphatic hydroxyl groups excluding tert-OH is 1. The standard InChI is InChI=1S/C16H19FO2/c1-10(6-11(2)18)13-7-12-4-5-14(19-3)9-15(12)16(17)8-13/h4-5,7-11,18H,6H2,1-3H3. The van der Waals surface area contributed by atoms with Crippen molar-refractivity contribution in [1.29, 1.82) is 0 Å². The van der Waals surface area contributed by atoms with Crippen molar-refractivity contribution in [1.82, 2.24) is 0 Å². The Morgan fingerprint density at radius 1 is 1.21 bits per heavy atom. The lowest BCUT2D eigenvalue weighted by atomic mass is 9.93. The molecule has 0 fully saturated rings. The van der Waals surface area contributed by atoms with Gasteiger partial charge >= 0.3 is 0 Å².